The van der Waals surface area contributed by atoms with Crippen molar-refractivity contribution in [1.82, 2.24) is 0 Å². The number of fused-ring (bicyclic) bond motifs is 1. The Balaban J connectivity index is 2.08. The van der Waals surface area contributed by atoms with Gasteiger partial charge in [-0.15, -0.1) is 0 Å². The number of aryl methyl sites for hydroxylation is 1. The van der Waals surface area contributed by atoms with E-state index in [2.05, 4.69) is 0 Å². The molecule has 2 nitrogen and oxygen atoms in total. The van der Waals surface area contributed by atoms with Gasteiger partial charge in [-0.2, -0.15) is 0 Å². The Hall–Kier alpha value is -2.49. The summed E-state index contributed by atoms with van der Waals surface area (Å²) in [6, 6.07) is 9.46. The van der Waals surface area contributed by atoms with Gasteiger partial charge in [0.25, 0.3) is 0 Å². The van der Waals surface area contributed by atoms with Gasteiger partial charge in [0, 0.05) is 10.9 Å². The zero-order chi connectivity index (χ0) is 14.3. The maximum Gasteiger partial charge on any atom is 0.228 e. The Morgan fingerprint density at radius 3 is 2.45 bits per heavy atom. The highest BCUT2D eigenvalue weighted by Crippen LogP contribution is 2.23. The van der Waals surface area contributed by atoms with Gasteiger partial charge in [0.15, 0.2) is 5.76 Å². The lowest BCUT2D eigenvalue weighted by Gasteiger charge is -2.02. The monoisotopic (exact) mass is 272 g/mol. The standard InChI is InChI=1S/C16H10F2O2/c1-9-6-11(17)2-4-13(9)16(19)15-8-10-7-12(18)3-5-14(10)20-15/h2-8H,1H3. The molecule has 0 N–H and O–H groups in total. The first kappa shape index (κ1) is 12.5. The normalized spacial score (nSPS) is 10.9. The van der Waals surface area contributed by atoms with Crippen LogP contribution in [-0.2, 0) is 0 Å². The van der Waals surface area contributed by atoms with Crippen LogP contribution in [0.4, 0.5) is 8.78 Å². The third-order valence-corrected chi connectivity index (χ3v) is 3.14. The van der Waals surface area contributed by atoms with Crippen molar-refractivity contribution in [3.8, 4) is 0 Å². The van der Waals surface area contributed by atoms with Crippen LogP contribution in [0.1, 0.15) is 21.7 Å². The summed E-state index contributed by atoms with van der Waals surface area (Å²) in [7, 11) is 0. The van der Waals surface area contributed by atoms with Crippen LogP contribution in [0.2, 0.25) is 0 Å². The summed E-state index contributed by atoms with van der Waals surface area (Å²) in [5.41, 5.74) is 1.34. The molecule has 100 valence electrons. The Bertz CT molecular complexity index is 818. The minimum atomic E-state index is -0.397. The number of rotatable bonds is 2. The molecule has 0 radical (unpaired) electrons. The Morgan fingerprint density at radius 2 is 1.70 bits per heavy atom. The molecule has 3 rings (SSSR count). The molecule has 0 bridgehead atoms. The van der Waals surface area contributed by atoms with Gasteiger partial charge >= 0.3 is 0 Å². The van der Waals surface area contributed by atoms with Crippen molar-refractivity contribution in [3.05, 3.63) is 71.0 Å². The number of hydrogen-bond donors (Lipinski definition) is 0. The molecule has 4 heteroatoms. The average molecular weight is 272 g/mol. The smallest absolute Gasteiger partial charge is 0.228 e. The average Bonchev–Trinajstić information content (AvgIpc) is 2.81. The van der Waals surface area contributed by atoms with Crippen LogP contribution in [-0.4, -0.2) is 5.78 Å². The van der Waals surface area contributed by atoms with Crippen LogP contribution >= 0.6 is 0 Å². The maximum atomic E-state index is 13.1. The fourth-order valence-electron chi connectivity index (χ4n) is 2.14. The number of benzene rings is 2. The third kappa shape index (κ3) is 2.09. The van der Waals surface area contributed by atoms with Gasteiger partial charge in [-0.05, 0) is 55.0 Å². The molecule has 0 aliphatic carbocycles. The lowest BCUT2D eigenvalue weighted by Crippen LogP contribution is -2.02. The van der Waals surface area contributed by atoms with Crippen LogP contribution in [0.15, 0.2) is 46.9 Å². The van der Waals surface area contributed by atoms with E-state index >= 15 is 0 Å². The van der Waals surface area contributed by atoms with Crippen molar-refractivity contribution in [3.63, 3.8) is 0 Å². The van der Waals surface area contributed by atoms with E-state index in [9.17, 15) is 13.6 Å². The number of carbonyl (C=O) groups is 1. The van der Waals surface area contributed by atoms with Crippen LogP contribution in [0.3, 0.4) is 0 Å². The van der Waals surface area contributed by atoms with Crippen molar-refractivity contribution in [2.45, 2.75) is 6.92 Å². The summed E-state index contributed by atoms with van der Waals surface area (Å²) in [5.74, 6) is -1.03. The van der Waals surface area contributed by atoms with Gasteiger partial charge in [-0.25, -0.2) is 8.78 Å². The number of hydrogen-bond acceptors (Lipinski definition) is 2. The Labute approximate surface area is 113 Å². The van der Waals surface area contributed by atoms with Gasteiger partial charge < -0.3 is 4.42 Å². The lowest BCUT2D eigenvalue weighted by molar-refractivity contribution is 0.101. The van der Waals surface area contributed by atoms with E-state index in [0.717, 1.165) is 0 Å². The summed E-state index contributed by atoms with van der Waals surface area (Å²) < 4.78 is 31.6. The predicted molar refractivity (Wildman–Crippen MR) is 70.7 cm³/mol. The second-order valence-corrected chi connectivity index (χ2v) is 4.58. The number of halogens is 2. The lowest BCUT2D eigenvalue weighted by atomic mass is 10.0. The number of ketones is 1. The highest BCUT2D eigenvalue weighted by molar-refractivity contribution is 6.09. The van der Waals surface area contributed by atoms with E-state index in [-0.39, 0.29) is 11.5 Å². The molecule has 1 aromatic heterocycles. The molecule has 1 heterocycles. The van der Waals surface area contributed by atoms with E-state index in [1.165, 1.54) is 42.5 Å². The fourth-order valence-corrected chi connectivity index (χ4v) is 2.14. The van der Waals surface area contributed by atoms with Crippen molar-refractivity contribution in [2.75, 3.05) is 0 Å². The summed E-state index contributed by atoms with van der Waals surface area (Å²) in [6.07, 6.45) is 0. The van der Waals surface area contributed by atoms with Gasteiger partial charge in [-0.3, -0.25) is 4.79 Å². The van der Waals surface area contributed by atoms with E-state index in [1.807, 2.05) is 0 Å². The predicted octanol–water partition coefficient (Wildman–Crippen LogP) is 4.25. The molecular formula is C16H10F2O2. The van der Waals surface area contributed by atoms with Gasteiger partial charge in [0.1, 0.15) is 17.2 Å². The van der Waals surface area contributed by atoms with Crippen molar-refractivity contribution < 1.29 is 18.0 Å². The molecule has 3 aromatic rings. The molecule has 0 spiro atoms. The first-order valence-corrected chi connectivity index (χ1v) is 6.04. The van der Waals surface area contributed by atoms with E-state index < -0.39 is 11.6 Å². The van der Waals surface area contributed by atoms with Crippen molar-refractivity contribution in [2.24, 2.45) is 0 Å². The molecule has 0 saturated carbocycles. The molecule has 0 atom stereocenters. The molecule has 0 fully saturated rings. The molecule has 2 aromatic carbocycles. The topological polar surface area (TPSA) is 30.2 Å². The van der Waals surface area contributed by atoms with Crippen molar-refractivity contribution >= 4 is 16.8 Å². The van der Waals surface area contributed by atoms with Gasteiger partial charge in [0.2, 0.25) is 5.78 Å². The number of furan rings is 1. The van der Waals surface area contributed by atoms with Gasteiger partial charge in [0.05, 0.1) is 0 Å². The zero-order valence-corrected chi connectivity index (χ0v) is 10.6. The van der Waals surface area contributed by atoms with E-state index in [0.29, 0.717) is 22.1 Å². The SMILES string of the molecule is Cc1cc(F)ccc1C(=O)c1cc2cc(F)ccc2o1. The quantitative estimate of drug-likeness (QED) is 0.653. The van der Waals surface area contributed by atoms with Crippen LogP contribution in [0.5, 0.6) is 0 Å². The van der Waals surface area contributed by atoms with Crippen LogP contribution < -0.4 is 0 Å². The first-order valence-electron chi connectivity index (χ1n) is 6.04. The summed E-state index contributed by atoms with van der Waals surface area (Å²) in [4.78, 5) is 12.3. The highest BCUT2D eigenvalue weighted by atomic mass is 19.1. The highest BCUT2D eigenvalue weighted by Gasteiger charge is 2.17. The molecule has 0 saturated heterocycles. The second-order valence-electron chi connectivity index (χ2n) is 4.58. The zero-order valence-electron chi connectivity index (χ0n) is 10.6. The third-order valence-electron chi connectivity index (χ3n) is 3.14. The second kappa shape index (κ2) is 4.56. The van der Waals surface area contributed by atoms with Crippen LogP contribution in [0.25, 0.3) is 11.0 Å². The number of carbonyl (C=O) groups excluding carboxylic acids is 1. The minimum Gasteiger partial charge on any atom is -0.453 e. The van der Waals surface area contributed by atoms with E-state index in [1.54, 1.807) is 6.92 Å². The summed E-state index contributed by atoms with van der Waals surface area (Å²) in [6.45, 7) is 1.65. The van der Waals surface area contributed by atoms with Crippen LogP contribution in [0, 0.1) is 18.6 Å². The van der Waals surface area contributed by atoms with Gasteiger partial charge in [-0.1, -0.05) is 0 Å². The summed E-state index contributed by atoms with van der Waals surface area (Å²) >= 11 is 0. The summed E-state index contributed by atoms with van der Waals surface area (Å²) in [5, 5.41) is 0.521. The fraction of sp³-hybridized carbons (Fsp3) is 0.0625. The largest absolute Gasteiger partial charge is 0.453 e. The Morgan fingerprint density at radius 1 is 1.00 bits per heavy atom. The molecular weight excluding hydrogens is 262 g/mol. The molecule has 20 heavy (non-hydrogen) atoms. The Kier molecular flexibility index (Phi) is 2.86. The molecule has 0 amide bonds. The first-order chi connectivity index (χ1) is 9.54. The maximum absolute atomic E-state index is 13.1. The van der Waals surface area contributed by atoms with Crippen molar-refractivity contribution in [1.29, 1.82) is 0 Å². The van der Waals surface area contributed by atoms with E-state index in [4.69, 9.17) is 4.42 Å². The minimum absolute atomic E-state index is 0.111. The molecule has 0 aliphatic heterocycles. The molecule has 0 aliphatic rings. The molecule has 0 unspecified atom stereocenters.